The van der Waals surface area contributed by atoms with Crippen LogP contribution in [0.1, 0.15) is 38.2 Å². The van der Waals surface area contributed by atoms with Crippen LogP contribution in [0.15, 0.2) is 34.3 Å². The van der Waals surface area contributed by atoms with E-state index in [0.29, 0.717) is 11.5 Å². The maximum atomic E-state index is 10.9. The molecule has 3 nitrogen and oxygen atoms in total. The minimum absolute atomic E-state index is 0.229. The Morgan fingerprint density at radius 1 is 1.33 bits per heavy atom. The van der Waals surface area contributed by atoms with Crippen molar-refractivity contribution in [2.75, 3.05) is 0 Å². The summed E-state index contributed by atoms with van der Waals surface area (Å²) in [4.78, 5) is 10.9. The van der Waals surface area contributed by atoms with Crippen molar-refractivity contribution in [1.29, 1.82) is 0 Å². The molecule has 0 saturated heterocycles. The Hall–Kier alpha value is -1.29. The largest absolute Gasteiger partial charge is 0.490 e. The molecule has 0 amide bonds. The van der Waals surface area contributed by atoms with E-state index in [1.807, 2.05) is 31.2 Å². The fourth-order valence-corrected chi connectivity index (χ4v) is 3.04. The van der Waals surface area contributed by atoms with Gasteiger partial charge in [-0.3, -0.25) is 0 Å². The van der Waals surface area contributed by atoms with Gasteiger partial charge in [0.25, 0.3) is 0 Å². The summed E-state index contributed by atoms with van der Waals surface area (Å²) < 4.78 is 7.16. The molecular formula is C17H21BrO3. The zero-order valence-electron chi connectivity index (χ0n) is 12.4. The number of carboxylic acid groups (broad SMARTS) is 1. The lowest BCUT2D eigenvalue weighted by Crippen LogP contribution is -2.24. The molecule has 1 aromatic rings. The molecule has 0 atom stereocenters. The number of hydrogen-bond donors (Lipinski definition) is 1. The van der Waals surface area contributed by atoms with Crippen molar-refractivity contribution in [2.24, 2.45) is 5.92 Å². The van der Waals surface area contributed by atoms with Crippen molar-refractivity contribution >= 4 is 21.9 Å². The number of rotatable bonds is 4. The SMILES string of the molecule is C/C(=C\C1CCC(Oc2cccc(Br)c2C)CC1)C(=O)O. The molecule has 0 radical (unpaired) electrons. The monoisotopic (exact) mass is 352 g/mol. The Bertz CT molecular complexity index is 543. The summed E-state index contributed by atoms with van der Waals surface area (Å²) in [5.41, 5.74) is 1.57. The first-order valence-electron chi connectivity index (χ1n) is 7.31. The van der Waals surface area contributed by atoms with Crippen LogP contribution in [-0.2, 0) is 4.79 Å². The van der Waals surface area contributed by atoms with Crippen molar-refractivity contribution in [3.63, 3.8) is 0 Å². The predicted octanol–water partition coefficient (Wildman–Crippen LogP) is 4.73. The van der Waals surface area contributed by atoms with Crippen molar-refractivity contribution < 1.29 is 14.6 Å². The second-order valence-corrected chi connectivity index (χ2v) is 6.53. The molecule has 0 spiro atoms. The standard InChI is InChI=1S/C17H21BrO3/c1-11(17(19)20)10-13-6-8-14(9-7-13)21-16-5-3-4-15(18)12(16)2/h3-5,10,13-14H,6-9H2,1-2H3,(H,19,20)/b11-10+. The van der Waals surface area contributed by atoms with Crippen LogP contribution in [0.4, 0.5) is 0 Å². The third kappa shape index (κ3) is 4.34. The van der Waals surface area contributed by atoms with Crippen LogP contribution in [0.3, 0.4) is 0 Å². The van der Waals surface area contributed by atoms with Gasteiger partial charge >= 0.3 is 5.97 Å². The highest BCUT2D eigenvalue weighted by Gasteiger charge is 2.22. The van der Waals surface area contributed by atoms with Gasteiger partial charge in [0.15, 0.2) is 0 Å². The molecule has 0 heterocycles. The highest BCUT2D eigenvalue weighted by molar-refractivity contribution is 9.10. The summed E-state index contributed by atoms with van der Waals surface area (Å²) in [5, 5.41) is 8.92. The van der Waals surface area contributed by atoms with Crippen LogP contribution >= 0.6 is 15.9 Å². The Balaban J connectivity index is 1.91. The smallest absolute Gasteiger partial charge is 0.330 e. The summed E-state index contributed by atoms with van der Waals surface area (Å²) in [6.07, 6.45) is 6.04. The lowest BCUT2D eigenvalue weighted by molar-refractivity contribution is -0.132. The molecule has 0 bridgehead atoms. The van der Waals surface area contributed by atoms with Gasteiger partial charge in [0, 0.05) is 15.6 Å². The molecule has 1 N–H and O–H groups in total. The van der Waals surface area contributed by atoms with E-state index in [-0.39, 0.29) is 6.10 Å². The molecule has 1 aliphatic rings. The number of carboxylic acids is 1. The van der Waals surface area contributed by atoms with Crippen molar-refractivity contribution in [3.8, 4) is 5.75 Å². The molecule has 0 aliphatic heterocycles. The molecule has 1 aromatic carbocycles. The van der Waals surface area contributed by atoms with Gasteiger partial charge in [-0.25, -0.2) is 4.79 Å². The molecule has 114 valence electrons. The highest BCUT2D eigenvalue weighted by atomic mass is 79.9. The van der Waals surface area contributed by atoms with E-state index in [0.717, 1.165) is 41.5 Å². The number of benzene rings is 1. The zero-order valence-corrected chi connectivity index (χ0v) is 14.0. The summed E-state index contributed by atoms with van der Waals surface area (Å²) in [6, 6.07) is 6.00. The minimum atomic E-state index is -0.821. The van der Waals surface area contributed by atoms with Gasteiger partial charge in [0.2, 0.25) is 0 Å². The van der Waals surface area contributed by atoms with E-state index < -0.39 is 5.97 Å². The van der Waals surface area contributed by atoms with Crippen LogP contribution in [0.25, 0.3) is 0 Å². The Kier molecular flexibility index (Phi) is 5.45. The lowest BCUT2D eigenvalue weighted by Gasteiger charge is -2.28. The fraction of sp³-hybridized carbons (Fsp3) is 0.471. The van der Waals surface area contributed by atoms with Gasteiger partial charge in [-0.15, -0.1) is 0 Å². The number of allylic oxidation sites excluding steroid dienone is 1. The van der Waals surface area contributed by atoms with Gasteiger partial charge in [0.1, 0.15) is 5.75 Å². The second kappa shape index (κ2) is 7.12. The van der Waals surface area contributed by atoms with Crippen LogP contribution < -0.4 is 4.74 Å². The molecule has 0 unspecified atom stereocenters. The topological polar surface area (TPSA) is 46.5 Å². The Labute approximate surface area is 134 Å². The minimum Gasteiger partial charge on any atom is -0.490 e. The first-order valence-corrected chi connectivity index (χ1v) is 8.10. The average Bonchev–Trinajstić information content (AvgIpc) is 2.46. The van der Waals surface area contributed by atoms with Gasteiger partial charge in [-0.1, -0.05) is 28.1 Å². The van der Waals surface area contributed by atoms with Crippen LogP contribution in [0.5, 0.6) is 5.75 Å². The molecular weight excluding hydrogens is 332 g/mol. The number of ether oxygens (including phenoxy) is 1. The van der Waals surface area contributed by atoms with Gasteiger partial charge in [-0.05, 0) is 57.6 Å². The van der Waals surface area contributed by atoms with E-state index in [1.54, 1.807) is 6.92 Å². The van der Waals surface area contributed by atoms with Crippen LogP contribution in [0, 0.1) is 12.8 Å². The van der Waals surface area contributed by atoms with Gasteiger partial charge in [0.05, 0.1) is 6.10 Å². The summed E-state index contributed by atoms with van der Waals surface area (Å²) in [6.45, 7) is 3.71. The first-order chi connectivity index (χ1) is 9.97. The number of hydrogen-bond acceptors (Lipinski definition) is 2. The zero-order chi connectivity index (χ0) is 15.4. The first kappa shape index (κ1) is 16.1. The van der Waals surface area contributed by atoms with Gasteiger partial charge < -0.3 is 9.84 Å². The summed E-state index contributed by atoms with van der Waals surface area (Å²) in [7, 11) is 0. The van der Waals surface area contributed by atoms with Crippen molar-refractivity contribution in [2.45, 2.75) is 45.6 Å². The van der Waals surface area contributed by atoms with Crippen LogP contribution in [-0.4, -0.2) is 17.2 Å². The van der Waals surface area contributed by atoms with E-state index in [4.69, 9.17) is 9.84 Å². The van der Waals surface area contributed by atoms with E-state index in [9.17, 15) is 4.79 Å². The molecule has 2 rings (SSSR count). The molecule has 0 aromatic heterocycles. The molecule has 1 aliphatic carbocycles. The third-order valence-corrected chi connectivity index (χ3v) is 4.91. The fourth-order valence-electron chi connectivity index (χ4n) is 2.69. The molecule has 4 heteroatoms. The van der Waals surface area contributed by atoms with E-state index >= 15 is 0 Å². The van der Waals surface area contributed by atoms with Crippen molar-refractivity contribution in [3.05, 3.63) is 39.9 Å². The second-order valence-electron chi connectivity index (χ2n) is 5.67. The quantitative estimate of drug-likeness (QED) is 0.797. The maximum Gasteiger partial charge on any atom is 0.330 e. The summed E-state index contributed by atoms with van der Waals surface area (Å²) >= 11 is 3.52. The van der Waals surface area contributed by atoms with Crippen LogP contribution in [0.2, 0.25) is 0 Å². The van der Waals surface area contributed by atoms with Gasteiger partial charge in [-0.2, -0.15) is 0 Å². The number of halogens is 1. The van der Waals surface area contributed by atoms with E-state index in [2.05, 4.69) is 15.9 Å². The number of carbonyl (C=O) groups is 1. The Morgan fingerprint density at radius 2 is 2.00 bits per heavy atom. The molecule has 21 heavy (non-hydrogen) atoms. The molecule has 1 fully saturated rings. The highest BCUT2D eigenvalue weighted by Crippen LogP contribution is 2.32. The number of aliphatic carboxylic acids is 1. The van der Waals surface area contributed by atoms with Crippen molar-refractivity contribution in [1.82, 2.24) is 0 Å². The Morgan fingerprint density at radius 3 is 2.62 bits per heavy atom. The molecule has 1 saturated carbocycles. The lowest BCUT2D eigenvalue weighted by atomic mass is 9.86. The summed E-state index contributed by atoms with van der Waals surface area (Å²) in [5.74, 6) is 0.479. The maximum absolute atomic E-state index is 10.9. The average molecular weight is 353 g/mol. The van der Waals surface area contributed by atoms with E-state index in [1.165, 1.54) is 0 Å². The predicted molar refractivity (Wildman–Crippen MR) is 86.6 cm³/mol. The normalized spacial score (nSPS) is 22.9. The third-order valence-electron chi connectivity index (χ3n) is 4.05.